The molecule has 212 valence electrons. The van der Waals surface area contributed by atoms with E-state index in [-0.39, 0.29) is 66.1 Å². The van der Waals surface area contributed by atoms with E-state index in [0.717, 1.165) is 5.56 Å². The molecule has 2 rings (SSSR count). The fourth-order valence-corrected chi connectivity index (χ4v) is 2.79. The molecule has 0 spiro atoms. The number of nitrogen functional groups attached to an aromatic ring is 1. The molecular weight excluding hydrogens is 514 g/mol. The fraction of sp³-hybridized carbons (Fsp3) is 0.407. The van der Waals surface area contributed by atoms with E-state index in [1.54, 1.807) is 36.4 Å². The maximum Gasteiger partial charge on any atom is 0.338 e. The summed E-state index contributed by atoms with van der Waals surface area (Å²) in [5.41, 5.74) is 7.93. The minimum absolute atomic E-state index is 0.00323. The maximum atomic E-state index is 11.8. The number of rotatable bonds is 18. The van der Waals surface area contributed by atoms with Crippen LogP contribution >= 0.6 is 0 Å². The zero-order valence-electron chi connectivity index (χ0n) is 21.8. The first-order valence-electron chi connectivity index (χ1n) is 12.2. The second kappa shape index (κ2) is 18.3. The number of hydrogen-bond acceptors (Lipinski definition) is 12. The van der Waals surface area contributed by atoms with Crippen LogP contribution in [0.4, 0.5) is 5.69 Å². The van der Waals surface area contributed by atoms with Crippen LogP contribution in [0, 0.1) is 6.92 Å². The number of nitrogens with two attached hydrogens (primary N) is 1. The SMILES string of the molecule is Cc1ccc(C(=O)OCCOCC(=O)OCCOCCOC(=O)COCCOC(=O)c2ccc(N)cc2)cc1. The van der Waals surface area contributed by atoms with Gasteiger partial charge in [0, 0.05) is 5.69 Å². The van der Waals surface area contributed by atoms with Crippen molar-refractivity contribution in [3.05, 3.63) is 65.2 Å². The molecule has 0 saturated heterocycles. The van der Waals surface area contributed by atoms with Gasteiger partial charge in [0.2, 0.25) is 0 Å². The molecule has 0 atom stereocenters. The minimum atomic E-state index is -0.600. The molecule has 2 N–H and O–H groups in total. The highest BCUT2D eigenvalue weighted by atomic mass is 16.6. The van der Waals surface area contributed by atoms with Crippen molar-refractivity contribution in [2.75, 3.05) is 71.8 Å². The Labute approximate surface area is 226 Å². The number of hydrogen-bond donors (Lipinski definition) is 1. The van der Waals surface area contributed by atoms with E-state index < -0.39 is 23.9 Å². The van der Waals surface area contributed by atoms with Crippen molar-refractivity contribution in [1.82, 2.24) is 0 Å². The van der Waals surface area contributed by atoms with Gasteiger partial charge in [0.1, 0.15) is 39.6 Å². The second-order valence-electron chi connectivity index (χ2n) is 7.92. The van der Waals surface area contributed by atoms with Crippen molar-refractivity contribution in [1.29, 1.82) is 0 Å². The zero-order valence-corrected chi connectivity index (χ0v) is 21.8. The van der Waals surface area contributed by atoms with Crippen LogP contribution in [0.5, 0.6) is 0 Å². The second-order valence-corrected chi connectivity index (χ2v) is 7.92. The first-order valence-corrected chi connectivity index (χ1v) is 12.2. The van der Waals surface area contributed by atoms with E-state index in [4.69, 9.17) is 38.9 Å². The van der Waals surface area contributed by atoms with Gasteiger partial charge in [-0.25, -0.2) is 19.2 Å². The number of aryl methyl sites for hydroxylation is 1. The van der Waals surface area contributed by atoms with Gasteiger partial charge in [0.05, 0.1) is 37.6 Å². The summed E-state index contributed by atoms with van der Waals surface area (Å²) in [6.45, 7) is 1.58. The molecule has 0 radical (unpaired) electrons. The van der Waals surface area contributed by atoms with Gasteiger partial charge >= 0.3 is 23.9 Å². The Morgan fingerprint density at radius 3 is 1.38 bits per heavy atom. The van der Waals surface area contributed by atoms with E-state index in [1.807, 2.05) is 19.1 Å². The van der Waals surface area contributed by atoms with E-state index in [2.05, 4.69) is 0 Å². The van der Waals surface area contributed by atoms with Gasteiger partial charge in [-0.3, -0.25) is 0 Å². The zero-order chi connectivity index (χ0) is 28.3. The quantitative estimate of drug-likeness (QED) is 0.125. The lowest BCUT2D eigenvalue weighted by atomic mass is 10.1. The smallest absolute Gasteiger partial charge is 0.338 e. The minimum Gasteiger partial charge on any atom is -0.462 e. The van der Waals surface area contributed by atoms with Crippen LogP contribution < -0.4 is 5.73 Å². The Kier molecular flexibility index (Phi) is 14.6. The predicted octanol–water partition coefficient (Wildman–Crippen LogP) is 1.73. The third-order valence-corrected chi connectivity index (χ3v) is 4.78. The van der Waals surface area contributed by atoms with Crippen molar-refractivity contribution in [3.63, 3.8) is 0 Å². The number of ether oxygens (including phenoxy) is 7. The van der Waals surface area contributed by atoms with Gasteiger partial charge in [-0.1, -0.05) is 17.7 Å². The lowest BCUT2D eigenvalue weighted by molar-refractivity contribution is -0.152. The highest BCUT2D eigenvalue weighted by molar-refractivity contribution is 5.90. The molecule has 12 nitrogen and oxygen atoms in total. The molecule has 0 aliphatic rings. The number of carbonyl (C=O) groups is 4. The van der Waals surface area contributed by atoms with Crippen molar-refractivity contribution in [2.24, 2.45) is 0 Å². The van der Waals surface area contributed by atoms with E-state index in [0.29, 0.717) is 16.8 Å². The molecule has 12 heteroatoms. The van der Waals surface area contributed by atoms with Crippen LogP contribution in [0.1, 0.15) is 26.3 Å². The Morgan fingerprint density at radius 1 is 0.538 bits per heavy atom. The number of carbonyl (C=O) groups excluding carboxylic acids is 4. The van der Waals surface area contributed by atoms with Crippen LogP contribution in [-0.4, -0.2) is 89.9 Å². The lowest BCUT2D eigenvalue weighted by Gasteiger charge is -2.09. The molecule has 0 aliphatic heterocycles. The molecule has 39 heavy (non-hydrogen) atoms. The standard InChI is InChI=1S/C27H33NO11/c1-20-2-4-21(5-3-20)26(31)38-16-12-34-18-24(29)36-14-10-33-11-15-37-25(30)19-35-13-17-39-27(32)22-6-8-23(28)9-7-22/h2-9H,10-19,28H2,1H3. The van der Waals surface area contributed by atoms with Crippen LogP contribution in [0.15, 0.2) is 48.5 Å². The summed E-state index contributed by atoms with van der Waals surface area (Å²) in [5.74, 6) is -2.18. The summed E-state index contributed by atoms with van der Waals surface area (Å²) in [7, 11) is 0. The third kappa shape index (κ3) is 13.9. The summed E-state index contributed by atoms with van der Waals surface area (Å²) in [5, 5.41) is 0. The molecule has 0 saturated carbocycles. The van der Waals surface area contributed by atoms with Gasteiger partial charge in [-0.15, -0.1) is 0 Å². The van der Waals surface area contributed by atoms with Gasteiger partial charge < -0.3 is 38.9 Å². The first-order chi connectivity index (χ1) is 18.8. The topological polar surface area (TPSA) is 159 Å². The number of esters is 4. The summed E-state index contributed by atoms with van der Waals surface area (Å²) >= 11 is 0. The molecule has 0 bridgehead atoms. The van der Waals surface area contributed by atoms with Crippen molar-refractivity contribution >= 4 is 29.6 Å². The molecule has 0 amide bonds. The van der Waals surface area contributed by atoms with E-state index in [1.165, 1.54) is 0 Å². The van der Waals surface area contributed by atoms with Crippen LogP contribution in [0.25, 0.3) is 0 Å². The Morgan fingerprint density at radius 2 is 0.923 bits per heavy atom. The molecule has 0 unspecified atom stereocenters. The molecule has 0 aromatic heterocycles. The van der Waals surface area contributed by atoms with Crippen LogP contribution in [0.2, 0.25) is 0 Å². The molecule has 2 aromatic rings. The third-order valence-electron chi connectivity index (χ3n) is 4.78. The first kappa shape index (κ1) is 31.2. The Hall–Kier alpha value is -4.00. The summed E-state index contributed by atoms with van der Waals surface area (Å²) in [4.78, 5) is 46.9. The van der Waals surface area contributed by atoms with Gasteiger partial charge in [-0.2, -0.15) is 0 Å². The predicted molar refractivity (Wildman–Crippen MR) is 137 cm³/mol. The van der Waals surface area contributed by atoms with Gasteiger partial charge in [0.15, 0.2) is 0 Å². The van der Waals surface area contributed by atoms with Crippen molar-refractivity contribution in [3.8, 4) is 0 Å². The normalized spacial score (nSPS) is 10.5. The average Bonchev–Trinajstić information content (AvgIpc) is 2.92. The van der Waals surface area contributed by atoms with Crippen molar-refractivity contribution in [2.45, 2.75) is 6.92 Å². The molecule has 2 aromatic carbocycles. The van der Waals surface area contributed by atoms with E-state index in [9.17, 15) is 19.2 Å². The van der Waals surface area contributed by atoms with Gasteiger partial charge in [0.25, 0.3) is 0 Å². The van der Waals surface area contributed by atoms with Gasteiger partial charge in [-0.05, 0) is 43.3 Å². The van der Waals surface area contributed by atoms with Crippen molar-refractivity contribution < 1.29 is 52.3 Å². The number of benzene rings is 2. The number of anilines is 1. The molecular formula is C27H33NO11. The summed E-state index contributed by atoms with van der Waals surface area (Å²) in [6, 6.07) is 13.2. The van der Waals surface area contributed by atoms with Crippen LogP contribution in [-0.2, 0) is 42.7 Å². The fourth-order valence-electron chi connectivity index (χ4n) is 2.79. The monoisotopic (exact) mass is 547 g/mol. The average molecular weight is 548 g/mol. The molecule has 0 fully saturated rings. The highest BCUT2D eigenvalue weighted by Crippen LogP contribution is 2.07. The highest BCUT2D eigenvalue weighted by Gasteiger charge is 2.09. The summed E-state index contributed by atoms with van der Waals surface area (Å²) in [6.07, 6.45) is 0. The molecule has 0 aliphatic carbocycles. The summed E-state index contributed by atoms with van der Waals surface area (Å²) < 4.78 is 35.4. The maximum absolute atomic E-state index is 11.8. The van der Waals surface area contributed by atoms with E-state index >= 15 is 0 Å². The van der Waals surface area contributed by atoms with Crippen LogP contribution in [0.3, 0.4) is 0 Å². The molecule has 0 heterocycles. The lowest BCUT2D eigenvalue weighted by Crippen LogP contribution is -2.20. The Bertz CT molecular complexity index is 955. The largest absolute Gasteiger partial charge is 0.462 e. The Balaban J connectivity index is 1.36.